The Bertz CT molecular complexity index is 1110. The number of hydrogen-bond donors (Lipinski definition) is 3. The molecule has 0 saturated carbocycles. The predicted octanol–water partition coefficient (Wildman–Crippen LogP) is 2.40. The number of nitrogens with zero attached hydrogens (tertiary/aromatic N) is 3. The molecule has 0 bridgehead atoms. The largest absolute Gasteiger partial charge is 0.378 e. The van der Waals surface area contributed by atoms with E-state index in [1.165, 1.54) is 0 Å². The predicted molar refractivity (Wildman–Crippen MR) is 138 cm³/mol. The number of benzene rings is 2. The van der Waals surface area contributed by atoms with Crippen molar-refractivity contribution in [3.63, 3.8) is 0 Å². The molecule has 1 amide bonds. The lowest BCUT2D eigenvalue weighted by Gasteiger charge is -2.34. The highest BCUT2D eigenvalue weighted by Crippen LogP contribution is 2.25. The molecule has 2 heterocycles. The molecule has 0 atom stereocenters. The fourth-order valence-electron chi connectivity index (χ4n) is 4.09. The third-order valence-electron chi connectivity index (χ3n) is 6.01. The minimum Gasteiger partial charge on any atom is -0.378 e. The summed E-state index contributed by atoms with van der Waals surface area (Å²) in [5, 5.41) is 11.6. The molecule has 0 spiro atoms. The summed E-state index contributed by atoms with van der Waals surface area (Å²) in [6.45, 7) is 10.9. The van der Waals surface area contributed by atoms with Crippen molar-refractivity contribution in [3.05, 3.63) is 66.4 Å². The molecular formula is C26H34N6O3. The number of carbonyl (C=O) groups is 1. The molecule has 1 aliphatic heterocycles. The minimum absolute atomic E-state index is 0.0358. The molecule has 2 aromatic carbocycles. The van der Waals surface area contributed by atoms with Gasteiger partial charge >= 0.3 is 0 Å². The van der Waals surface area contributed by atoms with Crippen molar-refractivity contribution in [1.29, 1.82) is 0 Å². The Morgan fingerprint density at radius 3 is 2.51 bits per heavy atom. The van der Waals surface area contributed by atoms with Gasteiger partial charge in [0.1, 0.15) is 5.69 Å². The topological polar surface area (TPSA) is 109 Å². The van der Waals surface area contributed by atoms with E-state index < -0.39 is 0 Å². The molecule has 0 aliphatic carbocycles. The molecule has 1 fully saturated rings. The van der Waals surface area contributed by atoms with Crippen LogP contribution in [0.3, 0.4) is 0 Å². The number of carbonyl (C=O) groups excluding carboxylic acids is 1. The highest BCUT2D eigenvalue weighted by Gasteiger charge is 2.23. The van der Waals surface area contributed by atoms with Gasteiger partial charge in [0.25, 0.3) is 5.91 Å². The summed E-state index contributed by atoms with van der Waals surface area (Å²) in [5.41, 5.74) is 9.23. The van der Waals surface area contributed by atoms with Crippen molar-refractivity contribution >= 4 is 28.2 Å². The van der Waals surface area contributed by atoms with Gasteiger partial charge in [0.15, 0.2) is 0 Å². The summed E-state index contributed by atoms with van der Waals surface area (Å²) in [4.78, 5) is 17.5. The molecule has 35 heavy (non-hydrogen) atoms. The molecular weight excluding hydrogens is 444 g/mol. The average molecular weight is 479 g/mol. The van der Waals surface area contributed by atoms with E-state index >= 15 is 0 Å². The summed E-state index contributed by atoms with van der Waals surface area (Å²) >= 11 is 0. The molecule has 4 N–H and O–H groups in total. The maximum Gasteiger partial charge on any atom is 0.253 e. The summed E-state index contributed by atoms with van der Waals surface area (Å²) in [6.07, 6.45) is 0. The second-order valence-electron chi connectivity index (χ2n) is 8.45. The monoisotopic (exact) mass is 478 g/mol. The van der Waals surface area contributed by atoms with Gasteiger partial charge in [-0.2, -0.15) is 5.10 Å². The summed E-state index contributed by atoms with van der Waals surface area (Å²) < 4.78 is 10.9. The van der Waals surface area contributed by atoms with Crippen LogP contribution in [0.5, 0.6) is 0 Å². The number of anilines is 1. The number of para-hydroxylation sites is 1. The van der Waals surface area contributed by atoms with E-state index in [9.17, 15) is 4.79 Å². The van der Waals surface area contributed by atoms with Crippen molar-refractivity contribution in [1.82, 2.24) is 20.0 Å². The van der Waals surface area contributed by atoms with Crippen molar-refractivity contribution < 1.29 is 14.3 Å². The number of H-pyrrole nitrogens is 1. The number of nitrogens with two attached hydrogens (primary N) is 1. The van der Waals surface area contributed by atoms with Gasteiger partial charge in [-0.05, 0) is 30.3 Å². The fourth-order valence-corrected chi connectivity index (χ4v) is 4.09. The molecule has 1 aliphatic rings. The van der Waals surface area contributed by atoms with Crippen LogP contribution in [-0.2, 0) is 9.47 Å². The number of aromatic amines is 1. The van der Waals surface area contributed by atoms with Gasteiger partial charge in [0.05, 0.1) is 37.6 Å². The van der Waals surface area contributed by atoms with Crippen molar-refractivity contribution in [3.8, 4) is 0 Å². The van der Waals surface area contributed by atoms with Gasteiger partial charge in [-0.15, -0.1) is 0 Å². The van der Waals surface area contributed by atoms with Crippen LogP contribution in [-0.4, -0.2) is 91.6 Å². The summed E-state index contributed by atoms with van der Waals surface area (Å²) in [6, 6.07) is 15.5. The van der Waals surface area contributed by atoms with Gasteiger partial charge in [0.2, 0.25) is 0 Å². The van der Waals surface area contributed by atoms with E-state index in [0.29, 0.717) is 63.0 Å². The Balaban J connectivity index is 1.30. The molecule has 9 heteroatoms. The Morgan fingerprint density at radius 2 is 1.77 bits per heavy atom. The highest BCUT2D eigenvalue weighted by molar-refractivity contribution is 6.01. The maximum atomic E-state index is 13.2. The number of rotatable bonds is 12. The molecule has 1 aromatic heterocycles. The standard InChI is InChI=1S/C26H34N6O3/c1-20(28-22-5-3-2-4-6-22)25-23-19-21(7-8-24(23)29-30-25)26(33)32-12-10-31(11-13-32)14-16-35-18-17-34-15-9-27/h2-8,19,28H,1,9-18,27H2,(H,29,30). The second-order valence-corrected chi connectivity index (χ2v) is 8.45. The Morgan fingerprint density at radius 1 is 1.03 bits per heavy atom. The zero-order valence-electron chi connectivity index (χ0n) is 20.0. The quantitative estimate of drug-likeness (QED) is 0.343. The van der Waals surface area contributed by atoms with Crippen LogP contribution in [0.15, 0.2) is 55.1 Å². The number of piperazine rings is 1. The minimum atomic E-state index is 0.0358. The molecule has 3 aromatic rings. The Kier molecular flexibility index (Phi) is 8.85. The fraction of sp³-hybridized carbons (Fsp3) is 0.385. The SMILES string of the molecule is C=C(Nc1ccccc1)c1n[nH]c2ccc(C(=O)N3CCN(CCOCCOCCN)CC3)cc12. The lowest BCUT2D eigenvalue weighted by Crippen LogP contribution is -2.49. The van der Waals surface area contributed by atoms with Gasteiger partial charge in [-0.1, -0.05) is 24.8 Å². The molecule has 0 unspecified atom stereocenters. The third-order valence-corrected chi connectivity index (χ3v) is 6.01. The number of ether oxygens (including phenoxy) is 2. The van der Waals surface area contributed by atoms with Crippen molar-refractivity contribution in [2.75, 3.05) is 71.0 Å². The van der Waals surface area contributed by atoms with Crippen LogP contribution < -0.4 is 11.1 Å². The van der Waals surface area contributed by atoms with Gasteiger partial charge in [-0.25, -0.2) is 0 Å². The van der Waals surface area contributed by atoms with Crippen LogP contribution in [0.1, 0.15) is 16.1 Å². The maximum absolute atomic E-state index is 13.2. The first-order chi connectivity index (χ1) is 17.2. The smallest absolute Gasteiger partial charge is 0.253 e. The number of aromatic nitrogens is 2. The summed E-state index contributed by atoms with van der Waals surface area (Å²) in [5.74, 6) is 0.0358. The van der Waals surface area contributed by atoms with E-state index in [1.807, 2.05) is 53.4 Å². The second kappa shape index (κ2) is 12.5. The van der Waals surface area contributed by atoms with E-state index in [-0.39, 0.29) is 5.91 Å². The highest BCUT2D eigenvalue weighted by atomic mass is 16.5. The molecule has 1 saturated heterocycles. The number of amides is 1. The van der Waals surface area contributed by atoms with Gasteiger partial charge in [0, 0.05) is 55.9 Å². The number of hydrogen-bond acceptors (Lipinski definition) is 7. The Labute approximate surface area is 205 Å². The van der Waals surface area contributed by atoms with Crippen LogP contribution >= 0.6 is 0 Å². The lowest BCUT2D eigenvalue weighted by molar-refractivity contribution is 0.0324. The van der Waals surface area contributed by atoms with Gasteiger partial charge in [-0.3, -0.25) is 14.8 Å². The van der Waals surface area contributed by atoms with Crippen molar-refractivity contribution in [2.24, 2.45) is 5.73 Å². The number of nitrogens with one attached hydrogen (secondary N) is 2. The zero-order valence-corrected chi connectivity index (χ0v) is 20.0. The molecule has 0 radical (unpaired) electrons. The third kappa shape index (κ3) is 6.67. The van der Waals surface area contributed by atoms with E-state index in [1.54, 1.807) is 0 Å². The van der Waals surface area contributed by atoms with Crippen molar-refractivity contribution in [2.45, 2.75) is 0 Å². The first-order valence-electron chi connectivity index (χ1n) is 12.0. The molecule has 9 nitrogen and oxygen atoms in total. The van der Waals surface area contributed by atoms with Crippen LogP contribution in [0, 0.1) is 0 Å². The van der Waals surface area contributed by atoms with Crippen LogP contribution in [0.25, 0.3) is 16.6 Å². The van der Waals surface area contributed by atoms with E-state index in [4.69, 9.17) is 15.2 Å². The zero-order chi connectivity index (χ0) is 24.5. The van der Waals surface area contributed by atoms with Crippen LogP contribution in [0.2, 0.25) is 0 Å². The van der Waals surface area contributed by atoms with E-state index in [0.717, 1.165) is 36.2 Å². The Hall–Kier alpha value is -3.24. The van der Waals surface area contributed by atoms with E-state index in [2.05, 4.69) is 27.0 Å². The molecule has 186 valence electrons. The van der Waals surface area contributed by atoms with Crippen LogP contribution in [0.4, 0.5) is 5.69 Å². The first kappa shape index (κ1) is 24.9. The summed E-state index contributed by atoms with van der Waals surface area (Å²) in [7, 11) is 0. The number of fused-ring (bicyclic) bond motifs is 1. The molecule has 4 rings (SSSR count). The lowest BCUT2D eigenvalue weighted by atomic mass is 10.1. The van der Waals surface area contributed by atoms with Gasteiger partial charge < -0.3 is 25.4 Å². The average Bonchev–Trinajstić information content (AvgIpc) is 3.32. The first-order valence-corrected chi connectivity index (χ1v) is 12.0. The normalized spacial score (nSPS) is 14.4.